The van der Waals surface area contributed by atoms with Crippen LogP contribution in [0.1, 0.15) is 71.1 Å². The molecule has 0 rings (SSSR count). The molecular weight excluding hydrogens is 298 g/mol. The maximum atomic E-state index is 10.2. The van der Waals surface area contributed by atoms with Crippen LogP contribution in [0.4, 0.5) is 0 Å². The molecule has 0 saturated carbocycles. The van der Waals surface area contributed by atoms with Crippen molar-refractivity contribution in [2.24, 2.45) is 0 Å². The van der Waals surface area contributed by atoms with Gasteiger partial charge in [-0.25, -0.2) is 0 Å². The maximum absolute atomic E-state index is 10.2. The number of aliphatic carboxylic acids is 1. The van der Waals surface area contributed by atoms with Crippen molar-refractivity contribution < 1.29 is 9.90 Å². The third-order valence-electron chi connectivity index (χ3n) is 2.49. The van der Waals surface area contributed by atoms with Gasteiger partial charge in [-0.1, -0.05) is 58.3 Å². The third-order valence-corrected chi connectivity index (χ3v) is 2.49. The Bertz CT molecular complexity index is 138. The zero-order valence-electron chi connectivity index (χ0n) is 10.1. The summed E-state index contributed by atoms with van der Waals surface area (Å²) in [6.45, 7) is 2.23. The van der Waals surface area contributed by atoms with Gasteiger partial charge in [-0.2, -0.15) is 0 Å². The molecule has 1 N–H and O–H groups in total. The van der Waals surface area contributed by atoms with Crippen LogP contribution < -0.4 is 0 Å². The van der Waals surface area contributed by atoms with Crippen molar-refractivity contribution >= 4 is 30.4 Å². The van der Waals surface area contributed by atoms with E-state index in [1.54, 1.807) is 0 Å². The Labute approximate surface area is 111 Å². The predicted molar refractivity (Wildman–Crippen MR) is 69.4 cm³/mol. The van der Waals surface area contributed by atoms with Crippen molar-refractivity contribution in [1.82, 2.24) is 0 Å². The first kappa shape index (κ1) is 17.7. The van der Waals surface area contributed by atoms with Crippen LogP contribution >= 0.6 is 0 Å². The molecule has 0 aromatic heterocycles. The Balaban J connectivity index is 0. The van der Waals surface area contributed by atoms with Gasteiger partial charge in [-0.3, -0.25) is 4.79 Å². The summed E-state index contributed by atoms with van der Waals surface area (Å²) in [5, 5.41) is 8.41. The Morgan fingerprint density at radius 3 is 1.67 bits per heavy atom. The van der Waals surface area contributed by atoms with E-state index in [0.717, 1.165) is 12.8 Å². The second-order valence-electron chi connectivity index (χ2n) is 3.97. The molecule has 0 fully saturated rings. The number of carboxylic acids is 1. The standard InChI is InChI=1S/C12H24O2.Sb.3H/c1-2-3-4-5-6-7-8-9-10-11-12(13)14;;;;/h2-11H2,1H3,(H,13,14);;;;. The zero-order valence-corrected chi connectivity index (χ0v) is 14.2. The second-order valence-corrected chi connectivity index (χ2v) is 3.97. The van der Waals surface area contributed by atoms with Crippen molar-refractivity contribution in [2.75, 3.05) is 0 Å². The van der Waals surface area contributed by atoms with Crippen molar-refractivity contribution in [3.63, 3.8) is 0 Å². The molecule has 0 aromatic carbocycles. The zero-order chi connectivity index (χ0) is 10.6. The van der Waals surface area contributed by atoms with Gasteiger partial charge in [0.2, 0.25) is 0 Å². The van der Waals surface area contributed by atoms with Crippen LogP contribution in [0, 0.1) is 0 Å². The molecule has 0 amide bonds. The van der Waals surface area contributed by atoms with Crippen LogP contribution in [0.2, 0.25) is 0 Å². The molecule has 0 aliphatic heterocycles. The number of hydrogen-bond donors (Lipinski definition) is 1. The fourth-order valence-electron chi connectivity index (χ4n) is 1.59. The summed E-state index contributed by atoms with van der Waals surface area (Å²) in [5.41, 5.74) is 0. The molecule has 0 radical (unpaired) electrons. The first-order valence-corrected chi connectivity index (χ1v) is 5.99. The van der Waals surface area contributed by atoms with Gasteiger partial charge in [0, 0.05) is 6.42 Å². The van der Waals surface area contributed by atoms with E-state index in [9.17, 15) is 4.79 Å². The van der Waals surface area contributed by atoms with Crippen LogP contribution in [0.5, 0.6) is 0 Å². The Kier molecular flexibility index (Phi) is 16.8. The molecule has 0 heterocycles. The molecule has 0 aliphatic rings. The number of carboxylic acid groups (broad SMARTS) is 1. The van der Waals surface area contributed by atoms with Crippen LogP contribution in [-0.4, -0.2) is 35.5 Å². The molecular formula is C12H27O2Sb. The summed E-state index contributed by atoms with van der Waals surface area (Å²) in [5.74, 6) is -0.659. The Morgan fingerprint density at radius 1 is 0.867 bits per heavy atom. The molecule has 15 heavy (non-hydrogen) atoms. The van der Waals surface area contributed by atoms with E-state index < -0.39 is 5.97 Å². The average molecular weight is 325 g/mol. The van der Waals surface area contributed by atoms with Gasteiger partial charge < -0.3 is 5.11 Å². The van der Waals surface area contributed by atoms with Gasteiger partial charge in [-0.15, -0.1) is 0 Å². The van der Waals surface area contributed by atoms with E-state index in [2.05, 4.69) is 6.92 Å². The Morgan fingerprint density at radius 2 is 1.27 bits per heavy atom. The normalized spacial score (nSPS) is 9.67. The summed E-state index contributed by atoms with van der Waals surface area (Å²) in [6.07, 6.45) is 11.5. The number of unbranched alkanes of at least 4 members (excludes halogenated alkanes) is 8. The first-order chi connectivity index (χ1) is 6.77. The molecule has 0 atom stereocenters. The third kappa shape index (κ3) is 16.9. The minimum absolute atomic E-state index is 0. The van der Waals surface area contributed by atoms with Crippen molar-refractivity contribution in [1.29, 1.82) is 0 Å². The topological polar surface area (TPSA) is 37.3 Å². The fraction of sp³-hybridized carbons (Fsp3) is 0.917. The quantitative estimate of drug-likeness (QED) is 0.495. The predicted octanol–water partition coefficient (Wildman–Crippen LogP) is 2.81. The molecule has 2 nitrogen and oxygen atoms in total. The average Bonchev–Trinajstić information content (AvgIpc) is 2.15. The van der Waals surface area contributed by atoms with Gasteiger partial charge in [0.25, 0.3) is 0 Å². The monoisotopic (exact) mass is 324 g/mol. The molecule has 0 aliphatic carbocycles. The number of carbonyl (C=O) groups is 1. The molecule has 3 heteroatoms. The molecule has 0 unspecified atom stereocenters. The molecule has 0 spiro atoms. The molecule has 0 bridgehead atoms. The number of hydrogen-bond acceptors (Lipinski definition) is 1. The van der Waals surface area contributed by atoms with Crippen molar-refractivity contribution in [3.05, 3.63) is 0 Å². The van der Waals surface area contributed by atoms with Crippen molar-refractivity contribution in [3.8, 4) is 0 Å². The summed E-state index contributed by atoms with van der Waals surface area (Å²) in [6, 6.07) is 0. The summed E-state index contributed by atoms with van der Waals surface area (Å²) in [7, 11) is 0. The second kappa shape index (κ2) is 14.3. The van der Waals surface area contributed by atoms with Crippen molar-refractivity contribution in [2.45, 2.75) is 71.1 Å². The summed E-state index contributed by atoms with van der Waals surface area (Å²) < 4.78 is 0. The fourth-order valence-corrected chi connectivity index (χ4v) is 1.59. The first-order valence-electron chi connectivity index (χ1n) is 5.99. The van der Waals surface area contributed by atoms with E-state index in [-0.39, 0.29) is 24.4 Å². The number of rotatable bonds is 10. The van der Waals surface area contributed by atoms with Gasteiger partial charge in [0.1, 0.15) is 0 Å². The summed E-state index contributed by atoms with van der Waals surface area (Å²) >= 11 is 0. The van der Waals surface area contributed by atoms with E-state index in [1.807, 2.05) is 0 Å². The minimum atomic E-state index is -0.659. The van der Waals surface area contributed by atoms with E-state index in [4.69, 9.17) is 5.11 Å². The van der Waals surface area contributed by atoms with E-state index >= 15 is 0 Å². The van der Waals surface area contributed by atoms with Gasteiger partial charge in [0.15, 0.2) is 0 Å². The molecule has 92 valence electrons. The van der Waals surface area contributed by atoms with Gasteiger partial charge in [-0.05, 0) is 6.42 Å². The summed E-state index contributed by atoms with van der Waals surface area (Å²) in [4.78, 5) is 10.2. The SMILES string of the molecule is CCCCCCCCCCCC(=O)O.[SbH3]. The molecule has 0 aromatic rings. The van der Waals surface area contributed by atoms with Crippen LogP contribution in [0.15, 0.2) is 0 Å². The van der Waals surface area contributed by atoms with Crippen LogP contribution in [0.25, 0.3) is 0 Å². The van der Waals surface area contributed by atoms with Crippen LogP contribution in [-0.2, 0) is 4.79 Å². The molecule has 0 saturated heterocycles. The van der Waals surface area contributed by atoms with Gasteiger partial charge in [0.05, 0.1) is 0 Å². The Hall–Kier alpha value is 0.288. The van der Waals surface area contributed by atoms with Crippen LogP contribution in [0.3, 0.4) is 0 Å². The van der Waals surface area contributed by atoms with Gasteiger partial charge >= 0.3 is 30.4 Å². The van der Waals surface area contributed by atoms with E-state index in [1.165, 1.54) is 44.9 Å². The van der Waals surface area contributed by atoms with E-state index in [0.29, 0.717) is 6.42 Å².